The lowest BCUT2D eigenvalue weighted by molar-refractivity contribution is -0.140. The molecule has 0 aliphatic carbocycles. The van der Waals surface area contributed by atoms with Crippen LogP contribution in [0.5, 0.6) is 0 Å². The second kappa shape index (κ2) is 8.24. The molecule has 5 nitrogen and oxygen atoms in total. The monoisotopic (exact) mass is 277 g/mol. The molecule has 18 heavy (non-hydrogen) atoms. The molecule has 0 heterocycles. The summed E-state index contributed by atoms with van der Waals surface area (Å²) in [5, 5.41) is 10.9. The normalized spacial score (nSPS) is 16.1. The van der Waals surface area contributed by atoms with Gasteiger partial charge in [-0.1, -0.05) is 20.8 Å². The first-order valence-electron chi connectivity index (χ1n) is 6.23. The maximum atomic E-state index is 11.8. The molecule has 0 saturated heterocycles. The van der Waals surface area contributed by atoms with Crippen molar-refractivity contribution in [2.24, 2.45) is 5.92 Å². The number of carboxylic acids is 1. The fourth-order valence-corrected chi connectivity index (χ4v) is 2.62. The van der Waals surface area contributed by atoms with Crippen molar-refractivity contribution in [1.82, 2.24) is 5.32 Å². The number of nitrogens with one attached hydrogen (secondary N) is 1. The molecule has 0 saturated carbocycles. The Balaban J connectivity index is 4.37. The fraction of sp³-hybridized carbons (Fsp3) is 0.833. The standard InChI is InChI=1S/C12H23NO4S/c1-5-10(6-2)13-11(14)9(4)18(17)7-8(3)12(15)16/h8-10H,5-7H2,1-4H3,(H,13,14)(H,15,16). The zero-order valence-corrected chi connectivity index (χ0v) is 12.3. The number of carbonyl (C=O) groups is 2. The highest BCUT2D eigenvalue weighted by molar-refractivity contribution is 7.86. The van der Waals surface area contributed by atoms with Crippen LogP contribution in [0, 0.1) is 5.92 Å². The fourth-order valence-electron chi connectivity index (χ4n) is 1.39. The molecule has 0 bridgehead atoms. The molecule has 106 valence electrons. The van der Waals surface area contributed by atoms with E-state index in [0.29, 0.717) is 0 Å². The highest BCUT2D eigenvalue weighted by Crippen LogP contribution is 2.06. The summed E-state index contributed by atoms with van der Waals surface area (Å²) in [6.45, 7) is 7.01. The van der Waals surface area contributed by atoms with Crippen molar-refractivity contribution in [2.75, 3.05) is 5.75 Å². The number of carbonyl (C=O) groups excluding carboxylic acids is 1. The van der Waals surface area contributed by atoms with Crippen LogP contribution in [0.15, 0.2) is 0 Å². The first-order valence-corrected chi connectivity index (χ1v) is 7.61. The maximum Gasteiger partial charge on any atom is 0.307 e. The Hall–Kier alpha value is -0.910. The average molecular weight is 277 g/mol. The van der Waals surface area contributed by atoms with E-state index in [4.69, 9.17) is 5.11 Å². The van der Waals surface area contributed by atoms with Crippen LogP contribution in [0.3, 0.4) is 0 Å². The van der Waals surface area contributed by atoms with Crippen LogP contribution in [-0.4, -0.2) is 38.2 Å². The van der Waals surface area contributed by atoms with Gasteiger partial charge in [-0.25, -0.2) is 0 Å². The van der Waals surface area contributed by atoms with E-state index < -0.39 is 27.9 Å². The molecule has 3 atom stereocenters. The third-order valence-electron chi connectivity index (χ3n) is 2.93. The van der Waals surface area contributed by atoms with Crippen LogP contribution >= 0.6 is 0 Å². The number of hydrogen-bond acceptors (Lipinski definition) is 3. The summed E-state index contributed by atoms with van der Waals surface area (Å²) in [7, 11) is -1.46. The van der Waals surface area contributed by atoms with Crippen LogP contribution in [0.25, 0.3) is 0 Å². The Labute approximate surface area is 111 Å². The molecule has 1 amide bonds. The molecule has 0 aromatic rings. The van der Waals surface area contributed by atoms with Gasteiger partial charge in [-0.3, -0.25) is 13.8 Å². The first kappa shape index (κ1) is 17.1. The third-order valence-corrected chi connectivity index (χ3v) is 4.76. The van der Waals surface area contributed by atoms with Gasteiger partial charge in [0.05, 0.1) is 5.92 Å². The summed E-state index contributed by atoms with van der Waals surface area (Å²) in [5.74, 6) is -1.95. The van der Waals surface area contributed by atoms with Crippen molar-refractivity contribution in [3.05, 3.63) is 0 Å². The second-order valence-corrected chi connectivity index (χ2v) is 6.25. The summed E-state index contributed by atoms with van der Waals surface area (Å²) in [4.78, 5) is 22.5. The highest BCUT2D eigenvalue weighted by atomic mass is 32.2. The highest BCUT2D eigenvalue weighted by Gasteiger charge is 2.25. The average Bonchev–Trinajstić information content (AvgIpc) is 2.34. The predicted octanol–water partition coefficient (Wildman–Crippen LogP) is 1.15. The second-order valence-electron chi connectivity index (χ2n) is 4.45. The van der Waals surface area contributed by atoms with Gasteiger partial charge >= 0.3 is 5.97 Å². The van der Waals surface area contributed by atoms with Crippen LogP contribution < -0.4 is 5.32 Å². The molecule has 0 aliphatic rings. The van der Waals surface area contributed by atoms with Crippen molar-refractivity contribution in [2.45, 2.75) is 51.8 Å². The Morgan fingerprint density at radius 2 is 1.72 bits per heavy atom. The van der Waals surface area contributed by atoms with E-state index in [1.54, 1.807) is 6.92 Å². The molecule has 0 aromatic heterocycles. The summed E-state index contributed by atoms with van der Waals surface area (Å²) in [5.41, 5.74) is 0. The number of hydrogen-bond donors (Lipinski definition) is 2. The van der Waals surface area contributed by atoms with Crippen molar-refractivity contribution in [3.63, 3.8) is 0 Å². The SMILES string of the molecule is CCC(CC)NC(=O)C(C)S(=O)CC(C)C(=O)O. The van der Waals surface area contributed by atoms with E-state index in [1.165, 1.54) is 6.92 Å². The van der Waals surface area contributed by atoms with Gasteiger partial charge in [-0.2, -0.15) is 0 Å². The van der Waals surface area contributed by atoms with Crippen molar-refractivity contribution in [1.29, 1.82) is 0 Å². The minimum Gasteiger partial charge on any atom is -0.481 e. The smallest absolute Gasteiger partial charge is 0.307 e. The van der Waals surface area contributed by atoms with E-state index in [1.807, 2.05) is 13.8 Å². The summed E-state index contributed by atoms with van der Waals surface area (Å²) in [6.07, 6.45) is 1.65. The summed E-state index contributed by atoms with van der Waals surface area (Å²) < 4.78 is 11.8. The first-order chi connectivity index (χ1) is 8.33. The molecule has 0 spiro atoms. The minimum absolute atomic E-state index is 0.00678. The van der Waals surface area contributed by atoms with Crippen molar-refractivity contribution in [3.8, 4) is 0 Å². The Morgan fingerprint density at radius 3 is 2.11 bits per heavy atom. The molecule has 0 radical (unpaired) electrons. The van der Waals surface area contributed by atoms with Crippen LogP contribution in [0.4, 0.5) is 0 Å². The van der Waals surface area contributed by atoms with Crippen LogP contribution in [-0.2, 0) is 20.4 Å². The van der Waals surface area contributed by atoms with Gasteiger partial charge in [0.1, 0.15) is 5.25 Å². The number of aliphatic carboxylic acids is 1. The van der Waals surface area contributed by atoms with Gasteiger partial charge in [0.15, 0.2) is 0 Å². The molecule has 3 unspecified atom stereocenters. The van der Waals surface area contributed by atoms with E-state index in [-0.39, 0.29) is 17.7 Å². The van der Waals surface area contributed by atoms with Gasteiger partial charge in [-0.05, 0) is 19.8 Å². The Bertz CT molecular complexity index is 315. The lowest BCUT2D eigenvalue weighted by Gasteiger charge is -2.18. The van der Waals surface area contributed by atoms with E-state index in [9.17, 15) is 13.8 Å². The summed E-state index contributed by atoms with van der Waals surface area (Å²) >= 11 is 0. The van der Waals surface area contributed by atoms with Crippen molar-refractivity contribution >= 4 is 22.7 Å². The van der Waals surface area contributed by atoms with E-state index in [0.717, 1.165) is 12.8 Å². The van der Waals surface area contributed by atoms with Gasteiger partial charge in [0, 0.05) is 22.6 Å². The number of amides is 1. The largest absolute Gasteiger partial charge is 0.481 e. The third kappa shape index (κ3) is 5.62. The number of carboxylic acid groups (broad SMARTS) is 1. The van der Waals surface area contributed by atoms with Gasteiger partial charge in [0.2, 0.25) is 5.91 Å². The molecular weight excluding hydrogens is 254 g/mol. The van der Waals surface area contributed by atoms with Gasteiger partial charge < -0.3 is 10.4 Å². The Morgan fingerprint density at radius 1 is 1.22 bits per heavy atom. The van der Waals surface area contributed by atoms with Crippen LogP contribution in [0.2, 0.25) is 0 Å². The topological polar surface area (TPSA) is 83.5 Å². The molecule has 2 N–H and O–H groups in total. The Kier molecular flexibility index (Phi) is 7.82. The van der Waals surface area contributed by atoms with Crippen molar-refractivity contribution < 1.29 is 18.9 Å². The van der Waals surface area contributed by atoms with Gasteiger partial charge in [-0.15, -0.1) is 0 Å². The molecule has 0 aliphatic heterocycles. The number of rotatable bonds is 8. The minimum atomic E-state index is -1.46. The lowest BCUT2D eigenvalue weighted by atomic mass is 10.2. The van der Waals surface area contributed by atoms with E-state index >= 15 is 0 Å². The lowest BCUT2D eigenvalue weighted by Crippen LogP contribution is -2.42. The molecule has 0 aromatic carbocycles. The maximum absolute atomic E-state index is 11.8. The zero-order valence-electron chi connectivity index (χ0n) is 11.4. The summed E-state index contributed by atoms with van der Waals surface area (Å²) in [6, 6.07) is 0.0915. The van der Waals surface area contributed by atoms with Crippen LogP contribution in [0.1, 0.15) is 40.5 Å². The zero-order chi connectivity index (χ0) is 14.3. The molecule has 6 heteroatoms. The molecular formula is C12H23NO4S. The predicted molar refractivity (Wildman–Crippen MR) is 71.8 cm³/mol. The van der Waals surface area contributed by atoms with Gasteiger partial charge in [0.25, 0.3) is 0 Å². The molecule has 0 rings (SSSR count). The van der Waals surface area contributed by atoms with E-state index in [2.05, 4.69) is 5.32 Å². The quantitative estimate of drug-likeness (QED) is 0.697. The molecule has 0 fully saturated rings.